The third kappa shape index (κ3) is 7.50. The van der Waals surface area contributed by atoms with E-state index >= 15 is 0 Å². The molecule has 0 aliphatic carbocycles. The Morgan fingerprint density at radius 2 is 1.54 bits per heavy atom. The lowest BCUT2D eigenvalue weighted by Crippen LogP contribution is -2.04. The summed E-state index contributed by atoms with van der Waals surface area (Å²) in [5.41, 5.74) is 1.33. The van der Waals surface area contributed by atoms with E-state index in [1.807, 2.05) is 32.3 Å². The van der Waals surface area contributed by atoms with Gasteiger partial charge in [-0.25, -0.2) is 0 Å². The summed E-state index contributed by atoms with van der Waals surface area (Å²) in [6.45, 7) is 4.10. The van der Waals surface area contributed by atoms with Gasteiger partial charge in [-0.1, -0.05) is 37.3 Å². The molecule has 0 amide bonds. The molecule has 0 radical (unpaired) electrons. The van der Waals surface area contributed by atoms with Gasteiger partial charge in [0.2, 0.25) is 0 Å². The van der Waals surface area contributed by atoms with Gasteiger partial charge < -0.3 is 10.6 Å². The summed E-state index contributed by atoms with van der Waals surface area (Å²) < 4.78 is 0. The monoisotopic (exact) mass is 180 g/mol. The Kier molecular flexibility index (Phi) is 8.62. The zero-order valence-corrected chi connectivity index (χ0v) is 8.80. The van der Waals surface area contributed by atoms with Crippen molar-refractivity contribution in [3.63, 3.8) is 0 Å². The lowest BCUT2D eigenvalue weighted by molar-refractivity contribution is 0.818. The second-order valence-electron chi connectivity index (χ2n) is 2.72. The van der Waals surface area contributed by atoms with E-state index in [1.54, 1.807) is 0 Å². The Balaban J connectivity index is 0.000000310. The lowest BCUT2D eigenvalue weighted by atomic mass is 10.2. The number of hydrogen-bond acceptors (Lipinski definition) is 2. The molecule has 0 aromatic heterocycles. The maximum Gasteiger partial charge on any atom is 0.0202 e. The van der Waals surface area contributed by atoms with Crippen LogP contribution in [0.4, 0.5) is 0 Å². The van der Waals surface area contributed by atoms with Gasteiger partial charge in [-0.2, -0.15) is 0 Å². The van der Waals surface area contributed by atoms with Crippen molar-refractivity contribution in [1.29, 1.82) is 0 Å². The molecular formula is C11H20N2. The molecule has 0 fully saturated rings. The van der Waals surface area contributed by atoms with E-state index in [0.29, 0.717) is 0 Å². The van der Waals surface area contributed by atoms with E-state index in [0.717, 1.165) is 13.1 Å². The molecule has 0 unspecified atom stereocenters. The van der Waals surface area contributed by atoms with Crippen molar-refractivity contribution in [3.8, 4) is 0 Å². The normalized spacial score (nSPS) is 8.85. The molecular weight excluding hydrogens is 160 g/mol. The molecule has 2 N–H and O–H groups in total. The summed E-state index contributed by atoms with van der Waals surface area (Å²) in [5.74, 6) is 0. The van der Waals surface area contributed by atoms with Crippen molar-refractivity contribution in [2.75, 3.05) is 20.6 Å². The number of rotatable bonds is 3. The van der Waals surface area contributed by atoms with E-state index in [1.165, 1.54) is 5.56 Å². The number of nitrogens with one attached hydrogen (secondary N) is 2. The number of benzene rings is 1. The molecule has 0 aliphatic heterocycles. The van der Waals surface area contributed by atoms with E-state index in [-0.39, 0.29) is 0 Å². The Morgan fingerprint density at radius 1 is 1.00 bits per heavy atom. The van der Waals surface area contributed by atoms with E-state index in [9.17, 15) is 0 Å². The summed E-state index contributed by atoms with van der Waals surface area (Å²) >= 11 is 0. The highest BCUT2D eigenvalue weighted by Crippen LogP contribution is 1.95. The van der Waals surface area contributed by atoms with Gasteiger partial charge in [-0.15, -0.1) is 0 Å². The van der Waals surface area contributed by atoms with Gasteiger partial charge in [-0.05, 0) is 26.2 Å². The van der Waals surface area contributed by atoms with Crippen LogP contribution in [0, 0.1) is 0 Å². The van der Waals surface area contributed by atoms with Crippen LogP contribution in [-0.4, -0.2) is 20.6 Å². The highest BCUT2D eigenvalue weighted by Gasteiger charge is 1.83. The minimum atomic E-state index is 0.959. The minimum absolute atomic E-state index is 0.959. The highest BCUT2D eigenvalue weighted by atomic mass is 14.8. The first kappa shape index (κ1) is 12.1. The van der Waals surface area contributed by atoms with Crippen LogP contribution in [0.15, 0.2) is 30.3 Å². The molecule has 0 heterocycles. The predicted octanol–water partition coefficient (Wildman–Crippen LogP) is 1.63. The van der Waals surface area contributed by atoms with Gasteiger partial charge in [0.15, 0.2) is 0 Å². The zero-order valence-electron chi connectivity index (χ0n) is 8.80. The van der Waals surface area contributed by atoms with Crippen LogP contribution in [0.25, 0.3) is 0 Å². The summed E-state index contributed by atoms with van der Waals surface area (Å²) in [5, 5.41) is 6.01. The van der Waals surface area contributed by atoms with Crippen LogP contribution in [-0.2, 0) is 6.54 Å². The first-order valence-corrected chi connectivity index (χ1v) is 4.68. The van der Waals surface area contributed by atoms with Crippen LogP contribution in [0.3, 0.4) is 0 Å². The predicted molar refractivity (Wildman–Crippen MR) is 58.8 cm³/mol. The standard InChI is InChI=1S/C8H11N.C3H9N/c1-9-7-8-5-3-2-4-6-8;1-3-4-2/h2-6,9H,7H2,1H3;4H,3H2,1-2H3. The van der Waals surface area contributed by atoms with Crippen molar-refractivity contribution in [2.45, 2.75) is 13.5 Å². The summed E-state index contributed by atoms with van der Waals surface area (Å²) in [6, 6.07) is 10.3. The van der Waals surface area contributed by atoms with Crippen molar-refractivity contribution in [1.82, 2.24) is 10.6 Å². The van der Waals surface area contributed by atoms with Gasteiger partial charge in [-0.3, -0.25) is 0 Å². The van der Waals surface area contributed by atoms with Crippen molar-refractivity contribution in [2.24, 2.45) is 0 Å². The number of hydrogen-bond donors (Lipinski definition) is 2. The molecule has 0 spiro atoms. The Bertz CT molecular complexity index is 183. The summed E-state index contributed by atoms with van der Waals surface area (Å²) in [6.07, 6.45) is 0. The molecule has 0 bridgehead atoms. The first-order chi connectivity index (χ1) is 6.35. The minimum Gasteiger partial charge on any atom is -0.320 e. The Morgan fingerprint density at radius 3 is 1.92 bits per heavy atom. The smallest absolute Gasteiger partial charge is 0.0202 e. The van der Waals surface area contributed by atoms with Crippen LogP contribution in [0.2, 0.25) is 0 Å². The van der Waals surface area contributed by atoms with E-state index in [2.05, 4.69) is 29.7 Å². The molecule has 2 heteroatoms. The van der Waals surface area contributed by atoms with E-state index < -0.39 is 0 Å². The molecule has 0 saturated heterocycles. The molecule has 1 aromatic rings. The Hall–Kier alpha value is -0.860. The van der Waals surface area contributed by atoms with E-state index in [4.69, 9.17) is 0 Å². The lowest BCUT2D eigenvalue weighted by Gasteiger charge is -1.95. The molecule has 74 valence electrons. The quantitative estimate of drug-likeness (QED) is 0.739. The van der Waals surface area contributed by atoms with Crippen molar-refractivity contribution >= 4 is 0 Å². The third-order valence-electron chi connectivity index (χ3n) is 1.58. The average molecular weight is 180 g/mol. The fourth-order valence-electron chi connectivity index (χ4n) is 0.800. The molecule has 1 rings (SSSR count). The second kappa shape index (κ2) is 9.23. The van der Waals surface area contributed by atoms with Crippen LogP contribution < -0.4 is 10.6 Å². The van der Waals surface area contributed by atoms with Crippen molar-refractivity contribution in [3.05, 3.63) is 35.9 Å². The van der Waals surface area contributed by atoms with Crippen molar-refractivity contribution < 1.29 is 0 Å². The first-order valence-electron chi connectivity index (χ1n) is 4.68. The second-order valence-corrected chi connectivity index (χ2v) is 2.72. The highest BCUT2D eigenvalue weighted by molar-refractivity contribution is 5.13. The SMILES string of the molecule is CCNC.CNCc1ccccc1. The molecule has 2 nitrogen and oxygen atoms in total. The molecule has 13 heavy (non-hydrogen) atoms. The fraction of sp³-hybridized carbons (Fsp3) is 0.455. The molecule has 0 aliphatic rings. The van der Waals surface area contributed by atoms with Crippen LogP contribution in [0.1, 0.15) is 12.5 Å². The maximum atomic E-state index is 3.08. The van der Waals surface area contributed by atoms with Gasteiger partial charge in [0.1, 0.15) is 0 Å². The largest absolute Gasteiger partial charge is 0.320 e. The summed E-state index contributed by atoms with van der Waals surface area (Å²) in [4.78, 5) is 0. The average Bonchev–Trinajstić information content (AvgIpc) is 2.20. The summed E-state index contributed by atoms with van der Waals surface area (Å²) in [7, 11) is 3.88. The van der Waals surface area contributed by atoms with Gasteiger partial charge >= 0.3 is 0 Å². The zero-order chi connectivity index (χ0) is 9.94. The maximum absolute atomic E-state index is 3.08. The van der Waals surface area contributed by atoms with Gasteiger partial charge in [0.25, 0.3) is 0 Å². The van der Waals surface area contributed by atoms with Crippen LogP contribution in [0.5, 0.6) is 0 Å². The van der Waals surface area contributed by atoms with Gasteiger partial charge in [0.05, 0.1) is 0 Å². The van der Waals surface area contributed by atoms with Crippen LogP contribution >= 0.6 is 0 Å². The third-order valence-corrected chi connectivity index (χ3v) is 1.58. The molecule has 0 atom stereocenters. The molecule has 0 saturated carbocycles. The van der Waals surface area contributed by atoms with Gasteiger partial charge in [0, 0.05) is 6.54 Å². The topological polar surface area (TPSA) is 24.1 Å². The Labute approximate surface area is 81.4 Å². The molecule has 1 aromatic carbocycles. The fourth-order valence-corrected chi connectivity index (χ4v) is 0.800.